The highest BCUT2D eigenvalue weighted by atomic mass is 35.5. The molecule has 1 N–H and O–H groups in total. The summed E-state index contributed by atoms with van der Waals surface area (Å²) in [5.41, 5.74) is 3.62. The first kappa shape index (κ1) is 34.5. The fraction of sp³-hybridized carbons (Fsp3) is 0.297. The first-order chi connectivity index (χ1) is 22.5. The van der Waals surface area contributed by atoms with Crippen LogP contribution in [0, 0.1) is 13.8 Å². The molecule has 1 atom stereocenters. The standard InChI is InChI=1S/C37H39Cl2N3O4S/c1-26-16-19-32(20-17-26)47(45,46)42(34-23-30(38)18-21-33(34)39)25-36(43)41(24-29-13-7-6-10-27(29)2)35(22-28-11-4-3-5-12-28)37(44)40-31-14-8-9-15-31/h3-7,10-13,16-21,23,31,35H,8-9,14-15,22,24-25H2,1-2H3,(H,40,44)/t35-/m0/s1. The number of sulfonamides is 1. The van der Waals surface area contributed by atoms with Gasteiger partial charge in [-0.3, -0.25) is 13.9 Å². The smallest absolute Gasteiger partial charge is 0.264 e. The Kier molecular flexibility index (Phi) is 11.3. The number of halogens is 2. The van der Waals surface area contributed by atoms with Crippen molar-refractivity contribution < 1.29 is 18.0 Å². The quantitative estimate of drug-likeness (QED) is 0.167. The van der Waals surface area contributed by atoms with Crippen LogP contribution in [-0.2, 0) is 32.6 Å². The molecule has 0 bridgehead atoms. The minimum Gasteiger partial charge on any atom is -0.352 e. The van der Waals surface area contributed by atoms with Crippen LogP contribution in [0.2, 0.25) is 10.0 Å². The third-order valence-electron chi connectivity index (χ3n) is 8.64. The third-order valence-corrected chi connectivity index (χ3v) is 11.0. The van der Waals surface area contributed by atoms with Crippen molar-refractivity contribution in [1.82, 2.24) is 10.2 Å². The second-order valence-electron chi connectivity index (χ2n) is 12.1. The second-order valence-corrected chi connectivity index (χ2v) is 14.8. The predicted octanol–water partition coefficient (Wildman–Crippen LogP) is 7.50. The topological polar surface area (TPSA) is 86.8 Å². The molecule has 5 rings (SSSR count). The predicted molar refractivity (Wildman–Crippen MR) is 188 cm³/mol. The molecule has 4 aromatic carbocycles. The van der Waals surface area contributed by atoms with E-state index in [-0.39, 0.29) is 45.5 Å². The van der Waals surface area contributed by atoms with Gasteiger partial charge in [-0.25, -0.2) is 8.42 Å². The summed E-state index contributed by atoms with van der Waals surface area (Å²) in [4.78, 5) is 30.4. The molecule has 4 aromatic rings. The minimum atomic E-state index is -4.30. The van der Waals surface area contributed by atoms with Crippen molar-refractivity contribution in [3.63, 3.8) is 0 Å². The van der Waals surface area contributed by atoms with Crippen molar-refractivity contribution in [2.75, 3.05) is 10.8 Å². The van der Waals surface area contributed by atoms with Crippen LogP contribution >= 0.6 is 23.2 Å². The number of anilines is 1. The zero-order valence-electron chi connectivity index (χ0n) is 26.5. The van der Waals surface area contributed by atoms with Crippen molar-refractivity contribution in [2.45, 2.75) is 69.5 Å². The lowest BCUT2D eigenvalue weighted by atomic mass is 10.0. The minimum absolute atomic E-state index is 0.00259. The molecule has 0 saturated heterocycles. The van der Waals surface area contributed by atoms with Gasteiger partial charge in [0.05, 0.1) is 15.6 Å². The second kappa shape index (κ2) is 15.4. The molecule has 2 amide bonds. The first-order valence-electron chi connectivity index (χ1n) is 15.8. The molecule has 0 aliphatic heterocycles. The van der Waals surface area contributed by atoms with Gasteiger partial charge in [-0.1, -0.05) is 108 Å². The van der Waals surface area contributed by atoms with Crippen LogP contribution in [-0.4, -0.2) is 43.8 Å². The summed E-state index contributed by atoms with van der Waals surface area (Å²) in [5.74, 6) is -0.820. The van der Waals surface area contributed by atoms with Crippen molar-refractivity contribution >= 4 is 50.7 Å². The zero-order chi connectivity index (χ0) is 33.6. The maximum atomic E-state index is 14.7. The van der Waals surface area contributed by atoms with Gasteiger partial charge in [-0.2, -0.15) is 0 Å². The average molecular weight is 693 g/mol. The summed E-state index contributed by atoms with van der Waals surface area (Å²) in [5, 5.41) is 3.57. The van der Waals surface area contributed by atoms with E-state index < -0.39 is 28.5 Å². The van der Waals surface area contributed by atoms with Gasteiger partial charge in [0, 0.05) is 24.0 Å². The van der Waals surface area contributed by atoms with Gasteiger partial charge in [-0.15, -0.1) is 0 Å². The number of carbonyl (C=O) groups is 2. The van der Waals surface area contributed by atoms with E-state index in [0.29, 0.717) is 0 Å². The van der Waals surface area contributed by atoms with E-state index in [2.05, 4.69) is 5.32 Å². The Morgan fingerprint density at radius 3 is 2.21 bits per heavy atom. The molecule has 0 aromatic heterocycles. The van der Waals surface area contributed by atoms with E-state index in [9.17, 15) is 18.0 Å². The van der Waals surface area contributed by atoms with Crippen LogP contribution in [0.5, 0.6) is 0 Å². The average Bonchev–Trinajstić information content (AvgIpc) is 3.57. The molecule has 0 heterocycles. The van der Waals surface area contributed by atoms with E-state index in [1.54, 1.807) is 18.2 Å². The number of hydrogen-bond donors (Lipinski definition) is 1. The molecular formula is C37H39Cl2N3O4S. The molecule has 1 aliphatic carbocycles. The molecular weight excluding hydrogens is 653 g/mol. The maximum absolute atomic E-state index is 14.7. The maximum Gasteiger partial charge on any atom is 0.264 e. The highest BCUT2D eigenvalue weighted by Crippen LogP contribution is 2.33. The van der Waals surface area contributed by atoms with E-state index in [1.807, 2.05) is 68.4 Å². The fourth-order valence-corrected chi connectivity index (χ4v) is 7.78. The van der Waals surface area contributed by atoms with E-state index in [4.69, 9.17) is 23.2 Å². The van der Waals surface area contributed by atoms with Gasteiger partial charge in [0.15, 0.2) is 0 Å². The molecule has 7 nitrogen and oxygen atoms in total. The molecule has 0 unspecified atom stereocenters. The lowest BCUT2D eigenvalue weighted by Gasteiger charge is -2.35. The fourth-order valence-electron chi connectivity index (χ4n) is 5.92. The Bertz CT molecular complexity index is 1810. The number of amides is 2. The highest BCUT2D eigenvalue weighted by Gasteiger charge is 2.36. The number of rotatable bonds is 12. The van der Waals surface area contributed by atoms with Crippen LogP contribution < -0.4 is 9.62 Å². The Balaban J connectivity index is 1.60. The molecule has 1 fully saturated rings. The Labute approximate surface area is 287 Å². The molecule has 0 spiro atoms. The number of aryl methyl sites for hydroxylation is 2. The van der Waals surface area contributed by atoms with Gasteiger partial charge in [0.1, 0.15) is 12.6 Å². The number of nitrogens with zero attached hydrogens (tertiary/aromatic N) is 2. The molecule has 0 radical (unpaired) electrons. The van der Waals surface area contributed by atoms with Crippen molar-refractivity contribution in [3.05, 3.63) is 129 Å². The monoisotopic (exact) mass is 691 g/mol. The van der Waals surface area contributed by atoms with Crippen LogP contribution in [0.4, 0.5) is 5.69 Å². The molecule has 246 valence electrons. The summed E-state index contributed by atoms with van der Waals surface area (Å²) in [7, 11) is -4.30. The molecule has 1 saturated carbocycles. The van der Waals surface area contributed by atoms with Gasteiger partial charge in [-0.05, 0) is 73.7 Å². The highest BCUT2D eigenvalue weighted by molar-refractivity contribution is 7.92. The number of hydrogen-bond acceptors (Lipinski definition) is 4. The van der Waals surface area contributed by atoms with Crippen molar-refractivity contribution in [1.29, 1.82) is 0 Å². The Morgan fingerprint density at radius 2 is 1.53 bits per heavy atom. The van der Waals surface area contributed by atoms with E-state index in [1.165, 1.54) is 29.2 Å². The number of carbonyl (C=O) groups excluding carboxylic acids is 2. The van der Waals surface area contributed by atoms with Crippen LogP contribution in [0.3, 0.4) is 0 Å². The lowest BCUT2D eigenvalue weighted by molar-refractivity contribution is -0.140. The van der Waals surface area contributed by atoms with E-state index in [0.717, 1.165) is 52.2 Å². The summed E-state index contributed by atoms with van der Waals surface area (Å²) >= 11 is 12.9. The van der Waals surface area contributed by atoms with Gasteiger partial charge < -0.3 is 10.2 Å². The summed E-state index contributed by atoms with van der Waals surface area (Å²) < 4.78 is 29.5. The number of benzene rings is 4. The van der Waals surface area contributed by atoms with Gasteiger partial charge in [0.2, 0.25) is 11.8 Å². The van der Waals surface area contributed by atoms with Crippen LogP contribution in [0.15, 0.2) is 102 Å². The Morgan fingerprint density at radius 1 is 0.872 bits per heavy atom. The van der Waals surface area contributed by atoms with Crippen LogP contribution in [0.25, 0.3) is 0 Å². The summed E-state index contributed by atoms with van der Waals surface area (Å²) in [6, 6.07) is 27.2. The van der Waals surface area contributed by atoms with Crippen LogP contribution in [0.1, 0.15) is 47.9 Å². The Hall–Kier alpha value is -3.85. The number of nitrogens with one attached hydrogen (secondary N) is 1. The van der Waals surface area contributed by atoms with E-state index >= 15 is 0 Å². The SMILES string of the molecule is Cc1ccc(S(=O)(=O)N(CC(=O)N(Cc2ccccc2C)[C@@H](Cc2ccccc2)C(=O)NC2CCCC2)c2cc(Cl)ccc2Cl)cc1. The third kappa shape index (κ3) is 8.55. The van der Waals surface area contributed by atoms with Crippen molar-refractivity contribution in [2.24, 2.45) is 0 Å². The largest absolute Gasteiger partial charge is 0.352 e. The van der Waals surface area contributed by atoms with Gasteiger partial charge >= 0.3 is 0 Å². The normalized spacial score (nSPS) is 14.0. The summed E-state index contributed by atoms with van der Waals surface area (Å²) in [6.07, 6.45) is 4.08. The van der Waals surface area contributed by atoms with Crippen molar-refractivity contribution in [3.8, 4) is 0 Å². The first-order valence-corrected chi connectivity index (χ1v) is 18.0. The zero-order valence-corrected chi connectivity index (χ0v) is 28.9. The lowest BCUT2D eigenvalue weighted by Crippen LogP contribution is -2.54. The molecule has 47 heavy (non-hydrogen) atoms. The van der Waals surface area contributed by atoms with Gasteiger partial charge in [0.25, 0.3) is 10.0 Å². The summed E-state index contributed by atoms with van der Waals surface area (Å²) in [6.45, 7) is 3.30. The molecule has 1 aliphatic rings. The molecule has 10 heteroatoms.